The molecule has 1 heterocycles. The molecule has 1 N–H and O–H groups in total. The molecule has 1 aromatic carbocycles. The number of aromatic hydroxyl groups is 1. The second-order valence-corrected chi connectivity index (χ2v) is 8.76. The number of phenolic OH excluding ortho intramolecular Hbond substituents is 1. The van der Waals surface area contributed by atoms with E-state index in [1.54, 1.807) is 0 Å². The fraction of sp³-hybridized carbons (Fsp3) is 0.529. The summed E-state index contributed by atoms with van der Waals surface area (Å²) in [5.41, 5.74) is -4.62. The highest BCUT2D eigenvalue weighted by Gasteiger charge is 2.49. The second-order valence-electron chi connectivity index (χ2n) is 7.23. The van der Waals surface area contributed by atoms with Crippen molar-refractivity contribution < 1.29 is 35.6 Å². The molecule has 1 aliphatic heterocycles. The van der Waals surface area contributed by atoms with Crippen LogP contribution in [0.5, 0.6) is 17.2 Å². The van der Waals surface area contributed by atoms with Crippen molar-refractivity contribution in [1.29, 1.82) is 0 Å². The van der Waals surface area contributed by atoms with Crippen LogP contribution in [-0.2, 0) is 10.1 Å². The lowest BCUT2D eigenvalue weighted by Gasteiger charge is -2.46. The van der Waals surface area contributed by atoms with Crippen molar-refractivity contribution >= 4 is 10.1 Å². The van der Waals surface area contributed by atoms with Gasteiger partial charge in [0.1, 0.15) is 22.8 Å². The van der Waals surface area contributed by atoms with Gasteiger partial charge in [0.25, 0.3) is 0 Å². The summed E-state index contributed by atoms with van der Waals surface area (Å²) in [5.74, 6) is -0.976. The highest BCUT2D eigenvalue weighted by Crippen LogP contribution is 2.54. The summed E-state index contributed by atoms with van der Waals surface area (Å²) in [7, 11) is -5.83. The molecule has 1 aliphatic carbocycles. The predicted octanol–water partition coefficient (Wildman–Crippen LogP) is 4.23. The monoisotopic (exact) mass is 392 g/mol. The summed E-state index contributed by atoms with van der Waals surface area (Å²) in [6, 6.07) is 1.95. The van der Waals surface area contributed by atoms with Crippen LogP contribution >= 0.6 is 0 Å². The number of ether oxygens (including phenoxy) is 1. The number of hydrogen-bond donors (Lipinski definition) is 1. The van der Waals surface area contributed by atoms with Crippen LogP contribution in [0.4, 0.5) is 13.2 Å². The van der Waals surface area contributed by atoms with E-state index in [-0.39, 0.29) is 23.3 Å². The third kappa shape index (κ3) is 3.13. The van der Waals surface area contributed by atoms with Gasteiger partial charge < -0.3 is 14.0 Å². The molecule has 9 heteroatoms. The van der Waals surface area contributed by atoms with Gasteiger partial charge in [-0.05, 0) is 33.6 Å². The van der Waals surface area contributed by atoms with Crippen molar-refractivity contribution in [2.24, 2.45) is 5.92 Å². The molecule has 0 radical (unpaired) electrons. The van der Waals surface area contributed by atoms with Crippen molar-refractivity contribution in [3.8, 4) is 17.2 Å². The molecule has 0 bridgehead atoms. The number of allylic oxidation sites excluding steroid dienone is 2. The molecular formula is C17H19F3O5S. The zero-order chi connectivity index (χ0) is 19.5. The summed E-state index contributed by atoms with van der Waals surface area (Å²) in [4.78, 5) is 0. The highest BCUT2D eigenvalue weighted by molar-refractivity contribution is 7.88. The van der Waals surface area contributed by atoms with Gasteiger partial charge in [-0.15, -0.1) is 0 Å². The number of halogens is 3. The molecule has 0 fully saturated rings. The molecule has 144 valence electrons. The maximum absolute atomic E-state index is 12.5. The maximum Gasteiger partial charge on any atom is 0.534 e. The standard InChI is InChI=1S/C17H19F3O5S/c1-9-4-5-12-11(6-9)15-13(21)7-10(8-14(15)24-16(12,2)3)25-26(22,23)17(18,19)20/h6-8,11-12,21H,4-5H2,1-3H3/t11-,12-/m1/s1. The summed E-state index contributed by atoms with van der Waals surface area (Å²) in [5, 5.41) is 10.4. The van der Waals surface area contributed by atoms with E-state index < -0.39 is 27.0 Å². The van der Waals surface area contributed by atoms with Gasteiger partial charge >= 0.3 is 15.6 Å². The van der Waals surface area contributed by atoms with Gasteiger partial charge in [0.05, 0.1) is 0 Å². The quantitative estimate of drug-likeness (QED) is 0.463. The summed E-state index contributed by atoms with van der Waals surface area (Å²) in [6.45, 7) is 5.70. The smallest absolute Gasteiger partial charge is 0.507 e. The van der Waals surface area contributed by atoms with E-state index in [2.05, 4.69) is 4.18 Å². The van der Waals surface area contributed by atoms with E-state index in [0.717, 1.165) is 30.5 Å². The van der Waals surface area contributed by atoms with E-state index in [1.165, 1.54) is 0 Å². The zero-order valence-corrected chi connectivity index (χ0v) is 15.2. The molecule has 1 aromatic rings. The van der Waals surface area contributed by atoms with Crippen molar-refractivity contribution in [3.05, 3.63) is 29.3 Å². The Morgan fingerprint density at radius 2 is 1.96 bits per heavy atom. The number of phenols is 1. The highest BCUT2D eigenvalue weighted by atomic mass is 32.2. The van der Waals surface area contributed by atoms with Gasteiger partial charge in [0, 0.05) is 29.5 Å². The molecular weight excluding hydrogens is 373 g/mol. The lowest BCUT2D eigenvalue weighted by molar-refractivity contribution is -0.0500. The Labute approximate surface area is 149 Å². The zero-order valence-electron chi connectivity index (χ0n) is 14.4. The number of fused-ring (bicyclic) bond motifs is 3. The summed E-state index contributed by atoms with van der Waals surface area (Å²) < 4.78 is 70.1. The minimum Gasteiger partial charge on any atom is -0.507 e. The van der Waals surface area contributed by atoms with Gasteiger partial charge in [0.15, 0.2) is 0 Å². The SMILES string of the molecule is CC1=C[C@H]2c3c(O)cc(OS(=O)(=O)C(F)(F)F)cc3OC(C)(C)[C@@H]2CC1. The first-order chi connectivity index (χ1) is 11.8. The lowest BCUT2D eigenvalue weighted by Crippen LogP contribution is -2.45. The van der Waals surface area contributed by atoms with Crippen LogP contribution in [0.2, 0.25) is 0 Å². The second kappa shape index (κ2) is 5.80. The van der Waals surface area contributed by atoms with Crippen molar-refractivity contribution in [2.75, 3.05) is 0 Å². The third-order valence-electron chi connectivity index (χ3n) is 4.93. The van der Waals surface area contributed by atoms with E-state index in [1.807, 2.05) is 26.8 Å². The van der Waals surface area contributed by atoms with Crippen molar-refractivity contribution in [2.45, 2.75) is 50.6 Å². The molecule has 2 aliphatic rings. The Bertz CT molecular complexity index is 871. The van der Waals surface area contributed by atoms with Crippen molar-refractivity contribution in [1.82, 2.24) is 0 Å². The average Bonchev–Trinajstić information content (AvgIpc) is 2.43. The molecule has 5 nitrogen and oxygen atoms in total. The van der Waals surface area contributed by atoms with Gasteiger partial charge in [0.2, 0.25) is 0 Å². The topological polar surface area (TPSA) is 72.8 Å². The van der Waals surface area contributed by atoms with Crippen LogP contribution in [0.25, 0.3) is 0 Å². The number of rotatable bonds is 2. The largest absolute Gasteiger partial charge is 0.534 e. The van der Waals surface area contributed by atoms with Crippen LogP contribution in [0.15, 0.2) is 23.8 Å². The molecule has 0 aromatic heterocycles. The van der Waals surface area contributed by atoms with Crippen LogP contribution in [0.1, 0.15) is 45.1 Å². The Morgan fingerprint density at radius 3 is 2.58 bits per heavy atom. The van der Waals surface area contributed by atoms with Gasteiger partial charge in [-0.2, -0.15) is 21.6 Å². The molecule has 0 saturated carbocycles. The predicted molar refractivity (Wildman–Crippen MR) is 87.6 cm³/mol. The Balaban J connectivity index is 2.08. The van der Waals surface area contributed by atoms with Crippen molar-refractivity contribution in [3.63, 3.8) is 0 Å². The average molecular weight is 392 g/mol. The number of alkyl halides is 3. The van der Waals surface area contributed by atoms with Gasteiger partial charge in [-0.3, -0.25) is 0 Å². The molecule has 0 saturated heterocycles. The molecule has 0 amide bonds. The number of hydrogen-bond acceptors (Lipinski definition) is 5. The first kappa shape index (κ1) is 18.9. The molecule has 3 rings (SSSR count). The number of benzene rings is 1. The third-order valence-corrected chi connectivity index (χ3v) is 5.91. The van der Waals surface area contributed by atoms with Crippen LogP contribution in [0, 0.1) is 5.92 Å². The van der Waals surface area contributed by atoms with E-state index in [4.69, 9.17) is 4.74 Å². The van der Waals surface area contributed by atoms with Crippen LogP contribution in [0.3, 0.4) is 0 Å². The first-order valence-electron chi connectivity index (χ1n) is 8.06. The maximum atomic E-state index is 12.5. The minimum atomic E-state index is -5.83. The fourth-order valence-corrected chi connectivity index (χ4v) is 4.17. The molecule has 0 unspecified atom stereocenters. The molecule has 0 spiro atoms. The summed E-state index contributed by atoms with van der Waals surface area (Å²) in [6.07, 6.45) is 3.76. The van der Waals surface area contributed by atoms with Crippen LogP contribution in [-0.4, -0.2) is 24.6 Å². The Kier molecular flexibility index (Phi) is 4.21. The van der Waals surface area contributed by atoms with E-state index in [9.17, 15) is 26.7 Å². The van der Waals surface area contributed by atoms with Gasteiger partial charge in [-0.25, -0.2) is 0 Å². The summed E-state index contributed by atoms with van der Waals surface area (Å²) >= 11 is 0. The van der Waals surface area contributed by atoms with Crippen LogP contribution < -0.4 is 8.92 Å². The molecule has 26 heavy (non-hydrogen) atoms. The minimum absolute atomic E-state index is 0.0790. The lowest BCUT2D eigenvalue weighted by atomic mass is 9.68. The first-order valence-corrected chi connectivity index (χ1v) is 9.46. The normalized spacial score (nSPS) is 24.8. The Hall–Kier alpha value is -1.90. The van der Waals surface area contributed by atoms with E-state index in [0.29, 0.717) is 5.56 Å². The fourth-order valence-electron chi connectivity index (χ4n) is 3.72. The molecule has 2 atom stereocenters. The van der Waals surface area contributed by atoms with E-state index >= 15 is 0 Å². The van der Waals surface area contributed by atoms with Gasteiger partial charge in [-0.1, -0.05) is 11.6 Å². The Morgan fingerprint density at radius 1 is 1.31 bits per heavy atom.